The van der Waals surface area contributed by atoms with E-state index in [-0.39, 0.29) is 6.42 Å². The van der Waals surface area contributed by atoms with E-state index in [9.17, 15) is 14.7 Å². The van der Waals surface area contributed by atoms with Crippen LogP contribution in [0.1, 0.15) is 79.6 Å². The van der Waals surface area contributed by atoms with Crippen molar-refractivity contribution in [3.63, 3.8) is 0 Å². The van der Waals surface area contributed by atoms with E-state index in [0.29, 0.717) is 5.92 Å². The van der Waals surface area contributed by atoms with Gasteiger partial charge < -0.3 is 19.3 Å². The third kappa shape index (κ3) is 4.97. The molecule has 2 rings (SSSR count). The molecule has 0 aromatic heterocycles. The van der Waals surface area contributed by atoms with Crippen LogP contribution in [0.5, 0.6) is 0 Å². The first-order valence-electron chi connectivity index (χ1n) is 9.85. The molecule has 0 radical (unpaired) electrons. The molecule has 0 aromatic carbocycles. The lowest BCUT2D eigenvalue weighted by atomic mass is 9.83. The van der Waals surface area contributed by atoms with Crippen LogP contribution < -0.4 is 0 Å². The largest absolute Gasteiger partial charge is 0.456 e. The molecule has 2 aliphatic rings. The van der Waals surface area contributed by atoms with E-state index in [4.69, 9.17) is 14.2 Å². The molecule has 26 heavy (non-hydrogen) atoms. The second-order valence-corrected chi connectivity index (χ2v) is 8.89. The molecular weight excluding hydrogens is 336 g/mol. The summed E-state index contributed by atoms with van der Waals surface area (Å²) in [4.78, 5) is 24.6. The SMILES string of the molecule is CCC1(OC(=O)C2CC(OC(O)C(C)(C)CC(C)C)C(=O)O2)CCCC1. The first kappa shape index (κ1) is 21.2. The maximum atomic E-state index is 12.5. The second-order valence-electron chi connectivity index (χ2n) is 8.89. The molecule has 1 heterocycles. The van der Waals surface area contributed by atoms with E-state index in [1.54, 1.807) is 0 Å². The fraction of sp³-hybridized carbons (Fsp3) is 0.900. The van der Waals surface area contributed by atoms with Gasteiger partial charge in [-0.25, -0.2) is 9.59 Å². The molecule has 6 nitrogen and oxygen atoms in total. The van der Waals surface area contributed by atoms with Crippen molar-refractivity contribution in [3.8, 4) is 0 Å². The van der Waals surface area contributed by atoms with Gasteiger partial charge in [0.15, 0.2) is 12.4 Å². The predicted octanol–water partition coefficient (Wildman–Crippen LogP) is 3.34. The molecule has 1 saturated carbocycles. The van der Waals surface area contributed by atoms with Gasteiger partial charge in [0.1, 0.15) is 5.60 Å². The monoisotopic (exact) mass is 370 g/mol. The zero-order valence-corrected chi connectivity index (χ0v) is 16.7. The van der Waals surface area contributed by atoms with Crippen LogP contribution in [0.3, 0.4) is 0 Å². The average molecular weight is 370 g/mol. The highest BCUT2D eigenvalue weighted by Crippen LogP contribution is 2.37. The van der Waals surface area contributed by atoms with Crippen LogP contribution in [0, 0.1) is 11.3 Å². The van der Waals surface area contributed by atoms with E-state index in [0.717, 1.165) is 38.5 Å². The van der Waals surface area contributed by atoms with Crippen LogP contribution >= 0.6 is 0 Å². The first-order chi connectivity index (χ1) is 12.1. The number of aliphatic hydroxyl groups is 1. The van der Waals surface area contributed by atoms with Gasteiger partial charge in [0.25, 0.3) is 0 Å². The van der Waals surface area contributed by atoms with Crippen molar-refractivity contribution >= 4 is 11.9 Å². The quantitative estimate of drug-likeness (QED) is 0.521. The molecule has 1 aliphatic carbocycles. The van der Waals surface area contributed by atoms with Crippen LogP contribution in [-0.2, 0) is 23.8 Å². The van der Waals surface area contributed by atoms with Crippen LogP contribution in [0.4, 0.5) is 0 Å². The van der Waals surface area contributed by atoms with Crippen LogP contribution in [0.25, 0.3) is 0 Å². The van der Waals surface area contributed by atoms with Crippen molar-refractivity contribution in [1.82, 2.24) is 0 Å². The lowest BCUT2D eigenvalue weighted by Crippen LogP contribution is -2.38. The minimum absolute atomic E-state index is 0.0896. The van der Waals surface area contributed by atoms with Gasteiger partial charge in [0, 0.05) is 11.8 Å². The summed E-state index contributed by atoms with van der Waals surface area (Å²) in [5, 5.41) is 10.4. The Labute approximate surface area is 156 Å². The number of hydrogen-bond donors (Lipinski definition) is 1. The van der Waals surface area contributed by atoms with Crippen LogP contribution in [0.2, 0.25) is 0 Å². The third-order valence-corrected chi connectivity index (χ3v) is 5.58. The molecule has 1 N–H and O–H groups in total. The minimum Gasteiger partial charge on any atom is -0.456 e. The molecule has 0 bridgehead atoms. The maximum Gasteiger partial charge on any atom is 0.348 e. The number of hydrogen-bond acceptors (Lipinski definition) is 6. The predicted molar refractivity (Wildman–Crippen MR) is 96.2 cm³/mol. The molecule has 0 aromatic rings. The molecule has 3 unspecified atom stereocenters. The van der Waals surface area contributed by atoms with E-state index in [1.165, 1.54) is 0 Å². The number of carbonyl (C=O) groups excluding carboxylic acids is 2. The summed E-state index contributed by atoms with van der Waals surface area (Å²) in [6.45, 7) is 9.94. The summed E-state index contributed by atoms with van der Waals surface area (Å²) < 4.78 is 16.5. The number of rotatable bonds is 8. The fourth-order valence-electron chi connectivity index (χ4n) is 4.13. The number of cyclic esters (lactones) is 1. The second kappa shape index (κ2) is 8.26. The molecule has 0 spiro atoms. The van der Waals surface area contributed by atoms with Crippen molar-refractivity contribution in [2.75, 3.05) is 0 Å². The topological polar surface area (TPSA) is 82.1 Å². The lowest BCUT2D eigenvalue weighted by Gasteiger charge is -2.32. The number of ether oxygens (including phenoxy) is 3. The molecule has 3 atom stereocenters. The standard InChI is InChI=1S/C20H34O6/c1-6-20(9-7-8-10-20)26-17(22)15-11-14(16(21)24-15)25-18(23)19(4,5)12-13(2)3/h13-15,18,23H,6-12H2,1-5H3. The summed E-state index contributed by atoms with van der Waals surface area (Å²) in [5.41, 5.74) is -0.912. The van der Waals surface area contributed by atoms with Crippen molar-refractivity contribution in [1.29, 1.82) is 0 Å². The maximum absolute atomic E-state index is 12.5. The lowest BCUT2D eigenvalue weighted by molar-refractivity contribution is -0.200. The highest BCUT2D eigenvalue weighted by atomic mass is 16.7. The number of aliphatic hydroxyl groups excluding tert-OH is 1. The van der Waals surface area contributed by atoms with Gasteiger partial charge >= 0.3 is 11.9 Å². The summed E-state index contributed by atoms with van der Waals surface area (Å²) in [7, 11) is 0. The van der Waals surface area contributed by atoms with E-state index in [1.807, 2.05) is 20.8 Å². The van der Waals surface area contributed by atoms with Crippen LogP contribution in [-0.4, -0.2) is 41.1 Å². The summed E-state index contributed by atoms with van der Waals surface area (Å²) in [5.74, 6) is -0.717. The zero-order valence-electron chi connectivity index (χ0n) is 16.7. The Hall–Kier alpha value is -1.14. The van der Waals surface area contributed by atoms with E-state index in [2.05, 4.69) is 13.8 Å². The Kier molecular flexibility index (Phi) is 6.72. The van der Waals surface area contributed by atoms with Crippen molar-refractivity contribution in [2.24, 2.45) is 11.3 Å². The van der Waals surface area contributed by atoms with Gasteiger partial charge in [-0.15, -0.1) is 0 Å². The molecule has 1 aliphatic heterocycles. The highest BCUT2D eigenvalue weighted by Gasteiger charge is 2.46. The van der Waals surface area contributed by atoms with Gasteiger partial charge in [-0.05, 0) is 44.4 Å². The van der Waals surface area contributed by atoms with Gasteiger partial charge in [0.2, 0.25) is 6.10 Å². The molecule has 6 heteroatoms. The minimum atomic E-state index is -1.10. The number of carbonyl (C=O) groups is 2. The van der Waals surface area contributed by atoms with Gasteiger partial charge in [-0.3, -0.25) is 0 Å². The number of esters is 2. The van der Waals surface area contributed by atoms with Crippen molar-refractivity contribution in [2.45, 2.75) is 104 Å². The normalized spacial score (nSPS) is 26.8. The molecule has 1 saturated heterocycles. The van der Waals surface area contributed by atoms with Crippen molar-refractivity contribution in [3.05, 3.63) is 0 Å². The Morgan fingerprint density at radius 1 is 1.35 bits per heavy atom. The van der Waals surface area contributed by atoms with Gasteiger partial charge in [-0.1, -0.05) is 34.6 Å². The summed E-state index contributed by atoms with van der Waals surface area (Å²) in [6.07, 6.45) is 2.44. The zero-order chi connectivity index (χ0) is 19.5. The van der Waals surface area contributed by atoms with Crippen LogP contribution in [0.15, 0.2) is 0 Å². The third-order valence-electron chi connectivity index (χ3n) is 5.58. The fourth-order valence-corrected chi connectivity index (χ4v) is 4.13. The van der Waals surface area contributed by atoms with Gasteiger partial charge in [0.05, 0.1) is 0 Å². The molecular formula is C20H34O6. The Balaban J connectivity index is 1.92. The Bertz CT molecular complexity index is 506. The Morgan fingerprint density at radius 2 is 1.96 bits per heavy atom. The van der Waals surface area contributed by atoms with Crippen molar-refractivity contribution < 1.29 is 28.9 Å². The van der Waals surface area contributed by atoms with Gasteiger partial charge in [-0.2, -0.15) is 0 Å². The highest BCUT2D eigenvalue weighted by molar-refractivity contribution is 5.85. The smallest absolute Gasteiger partial charge is 0.348 e. The van der Waals surface area contributed by atoms with E-state index < -0.39 is 41.5 Å². The first-order valence-corrected chi connectivity index (χ1v) is 9.85. The summed E-state index contributed by atoms with van der Waals surface area (Å²) in [6, 6.07) is 0. The Morgan fingerprint density at radius 3 is 2.50 bits per heavy atom. The van der Waals surface area contributed by atoms with E-state index >= 15 is 0 Å². The summed E-state index contributed by atoms with van der Waals surface area (Å²) >= 11 is 0. The average Bonchev–Trinajstić information content (AvgIpc) is 3.14. The molecule has 0 amide bonds. The molecule has 2 fully saturated rings. The molecule has 150 valence electrons.